The van der Waals surface area contributed by atoms with E-state index < -0.39 is 0 Å². The Morgan fingerprint density at radius 2 is 1.79 bits per heavy atom. The van der Waals surface area contributed by atoms with Gasteiger partial charge in [0.05, 0.1) is 0 Å². The molecular weight excluding hydrogens is 387 g/mol. The van der Waals surface area contributed by atoms with Crippen LogP contribution in [0.4, 0.5) is 4.39 Å². The van der Waals surface area contributed by atoms with E-state index in [-0.39, 0.29) is 17.0 Å². The number of halogens is 1. The Hall–Kier alpha value is -2.93. The van der Waals surface area contributed by atoms with Gasteiger partial charge in [-0.2, -0.15) is 0 Å². The molecule has 5 nitrogen and oxygen atoms in total. The SMILES string of the molecule is O=C([C@@H](Sc1n[nH]c(/C=C/c2ccc(F)cc2)n1)c1ccccc1)N1CCCC1. The molecule has 0 radical (unpaired) electrons. The topological polar surface area (TPSA) is 61.9 Å². The van der Waals surface area contributed by atoms with E-state index in [1.54, 1.807) is 18.2 Å². The molecule has 0 spiro atoms. The Morgan fingerprint density at radius 3 is 2.52 bits per heavy atom. The second-order valence-electron chi connectivity index (χ2n) is 6.83. The van der Waals surface area contributed by atoms with Crippen molar-refractivity contribution in [2.24, 2.45) is 0 Å². The standard InChI is InChI=1S/C22H21FN4OS/c23-18-11-8-16(9-12-18)10-13-19-24-22(26-25-19)29-20(17-6-2-1-3-7-17)21(28)27-14-4-5-15-27/h1-3,6-13,20H,4-5,14-15H2,(H,24,25,26)/b13-10+/t20-/m0/s1. The summed E-state index contributed by atoms with van der Waals surface area (Å²) in [7, 11) is 0. The fraction of sp³-hybridized carbons (Fsp3) is 0.227. The van der Waals surface area contributed by atoms with Crippen LogP contribution in [0.1, 0.15) is 35.0 Å². The van der Waals surface area contributed by atoms with E-state index in [0.717, 1.165) is 37.1 Å². The first-order chi connectivity index (χ1) is 14.2. The number of amides is 1. The monoisotopic (exact) mass is 408 g/mol. The minimum atomic E-state index is -0.376. The van der Waals surface area contributed by atoms with Gasteiger partial charge in [-0.1, -0.05) is 60.3 Å². The summed E-state index contributed by atoms with van der Waals surface area (Å²) in [4.78, 5) is 19.5. The minimum Gasteiger partial charge on any atom is -0.341 e. The van der Waals surface area contributed by atoms with Crippen LogP contribution in [0.3, 0.4) is 0 Å². The maximum atomic E-state index is 13.1. The van der Waals surface area contributed by atoms with Crippen molar-refractivity contribution >= 4 is 29.8 Å². The Kier molecular flexibility index (Phi) is 6.05. The van der Waals surface area contributed by atoms with Crippen LogP contribution in [0.15, 0.2) is 59.8 Å². The summed E-state index contributed by atoms with van der Waals surface area (Å²) >= 11 is 1.35. The fourth-order valence-corrected chi connectivity index (χ4v) is 4.24. The van der Waals surface area contributed by atoms with Crippen molar-refractivity contribution in [3.8, 4) is 0 Å². The van der Waals surface area contributed by atoms with E-state index in [1.165, 1.54) is 23.9 Å². The second-order valence-corrected chi connectivity index (χ2v) is 7.90. The highest BCUT2D eigenvalue weighted by molar-refractivity contribution is 8.00. The van der Waals surface area contributed by atoms with Gasteiger partial charge >= 0.3 is 0 Å². The van der Waals surface area contributed by atoms with E-state index in [2.05, 4.69) is 15.2 Å². The molecule has 1 N–H and O–H groups in total. The second kappa shape index (κ2) is 9.05. The summed E-state index contributed by atoms with van der Waals surface area (Å²) in [6.45, 7) is 1.62. The van der Waals surface area contributed by atoms with Crippen LogP contribution in [-0.4, -0.2) is 39.1 Å². The number of thioether (sulfide) groups is 1. The van der Waals surface area contributed by atoms with Crippen molar-refractivity contribution in [1.29, 1.82) is 0 Å². The van der Waals surface area contributed by atoms with E-state index in [4.69, 9.17) is 0 Å². The van der Waals surface area contributed by atoms with Crippen LogP contribution in [0.2, 0.25) is 0 Å². The van der Waals surface area contributed by atoms with Crippen molar-refractivity contribution in [1.82, 2.24) is 20.1 Å². The third kappa shape index (κ3) is 4.92. The van der Waals surface area contributed by atoms with Gasteiger partial charge in [-0.05, 0) is 42.2 Å². The largest absolute Gasteiger partial charge is 0.341 e. The van der Waals surface area contributed by atoms with Crippen LogP contribution in [0.5, 0.6) is 0 Å². The van der Waals surface area contributed by atoms with E-state index in [0.29, 0.717) is 11.0 Å². The molecule has 2 aromatic carbocycles. The van der Waals surface area contributed by atoms with E-state index in [1.807, 2.05) is 41.3 Å². The lowest BCUT2D eigenvalue weighted by molar-refractivity contribution is -0.129. The number of benzene rings is 2. The molecule has 1 atom stereocenters. The number of carbonyl (C=O) groups excluding carboxylic acids is 1. The Bertz CT molecular complexity index is 982. The van der Waals surface area contributed by atoms with Crippen molar-refractivity contribution < 1.29 is 9.18 Å². The van der Waals surface area contributed by atoms with Crippen LogP contribution in [-0.2, 0) is 4.79 Å². The van der Waals surface area contributed by atoms with Crippen molar-refractivity contribution in [2.45, 2.75) is 23.2 Å². The average molecular weight is 409 g/mol. The molecule has 2 heterocycles. The van der Waals surface area contributed by atoms with Crippen LogP contribution in [0, 0.1) is 5.82 Å². The molecule has 1 aliphatic heterocycles. The molecule has 0 bridgehead atoms. The van der Waals surface area contributed by atoms with Gasteiger partial charge < -0.3 is 4.90 Å². The quantitative estimate of drug-likeness (QED) is 0.607. The molecular formula is C22H21FN4OS. The van der Waals surface area contributed by atoms with E-state index in [9.17, 15) is 9.18 Å². The highest BCUT2D eigenvalue weighted by Crippen LogP contribution is 2.35. The molecule has 4 rings (SSSR count). The van der Waals surface area contributed by atoms with E-state index >= 15 is 0 Å². The van der Waals surface area contributed by atoms with Crippen LogP contribution >= 0.6 is 11.8 Å². The zero-order chi connectivity index (χ0) is 20.1. The van der Waals surface area contributed by atoms with Gasteiger partial charge in [-0.25, -0.2) is 9.37 Å². The zero-order valence-corrected chi connectivity index (χ0v) is 16.6. The predicted octanol–water partition coefficient (Wildman–Crippen LogP) is 4.57. The number of aromatic nitrogens is 3. The Labute approximate surface area is 173 Å². The predicted molar refractivity (Wildman–Crippen MR) is 113 cm³/mol. The normalized spacial score (nSPS) is 15.1. The van der Waals surface area contributed by atoms with Gasteiger partial charge in [-0.3, -0.25) is 9.89 Å². The zero-order valence-electron chi connectivity index (χ0n) is 15.8. The molecule has 1 fully saturated rings. The molecule has 1 aromatic heterocycles. The van der Waals surface area contributed by atoms with Gasteiger partial charge in [-0.15, -0.1) is 5.10 Å². The molecule has 29 heavy (non-hydrogen) atoms. The van der Waals surface area contributed by atoms with Crippen molar-refractivity contribution in [3.63, 3.8) is 0 Å². The number of carbonyl (C=O) groups is 1. The van der Waals surface area contributed by atoms with Gasteiger partial charge in [0.2, 0.25) is 11.1 Å². The Morgan fingerprint density at radius 1 is 1.07 bits per heavy atom. The lowest BCUT2D eigenvalue weighted by Crippen LogP contribution is -2.31. The molecule has 1 saturated heterocycles. The summed E-state index contributed by atoms with van der Waals surface area (Å²) < 4.78 is 13.0. The molecule has 148 valence electrons. The summed E-state index contributed by atoms with van der Waals surface area (Å²) in [6, 6.07) is 16.0. The number of hydrogen-bond donors (Lipinski definition) is 1. The maximum absolute atomic E-state index is 13.1. The fourth-order valence-electron chi connectivity index (χ4n) is 3.23. The summed E-state index contributed by atoms with van der Waals surface area (Å²) in [6.07, 6.45) is 5.72. The highest BCUT2D eigenvalue weighted by atomic mass is 32.2. The van der Waals surface area contributed by atoms with Gasteiger partial charge in [0.1, 0.15) is 16.9 Å². The molecule has 0 saturated carbocycles. The lowest BCUT2D eigenvalue weighted by Gasteiger charge is -2.22. The number of likely N-dealkylation sites (tertiary alicyclic amines) is 1. The lowest BCUT2D eigenvalue weighted by atomic mass is 10.1. The van der Waals surface area contributed by atoms with Gasteiger partial charge in [0.25, 0.3) is 0 Å². The number of rotatable bonds is 6. The molecule has 1 aliphatic rings. The highest BCUT2D eigenvalue weighted by Gasteiger charge is 2.29. The molecule has 1 amide bonds. The third-order valence-corrected chi connectivity index (χ3v) is 5.86. The number of H-pyrrole nitrogens is 1. The molecule has 0 unspecified atom stereocenters. The van der Waals surface area contributed by atoms with Gasteiger partial charge in [0.15, 0.2) is 0 Å². The molecule has 7 heteroatoms. The number of nitrogens with one attached hydrogen (secondary N) is 1. The first-order valence-corrected chi connectivity index (χ1v) is 10.4. The van der Waals surface area contributed by atoms with Crippen LogP contribution in [0.25, 0.3) is 12.2 Å². The summed E-state index contributed by atoms with van der Waals surface area (Å²) in [5.41, 5.74) is 1.81. The van der Waals surface area contributed by atoms with Gasteiger partial charge in [0, 0.05) is 13.1 Å². The van der Waals surface area contributed by atoms with Crippen LogP contribution < -0.4 is 0 Å². The number of nitrogens with zero attached hydrogens (tertiary/aromatic N) is 3. The Balaban J connectivity index is 1.50. The molecule has 0 aliphatic carbocycles. The first-order valence-electron chi connectivity index (χ1n) is 9.55. The first kappa shape index (κ1) is 19.4. The smallest absolute Gasteiger partial charge is 0.240 e. The summed E-state index contributed by atoms with van der Waals surface area (Å²) in [5, 5.41) is 7.29. The molecule has 3 aromatic rings. The minimum absolute atomic E-state index is 0.104. The maximum Gasteiger partial charge on any atom is 0.240 e. The average Bonchev–Trinajstić information content (AvgIpc) is 3.44. The van der Waals surface area contributed by atoms with Crippen molar-refractivity contribution in [3.05, 3.63) is 77.4 Å². The number of aromatic amines is 1. The van der Waals surface area contributed by atoms with Crippen molar-refractivity contribution in [2.75, 3.05) is 13.1 Å². The third-order valence-electron chi connectivity index (χ3n) is 4.75. The summed E-state index contributed by atoms with van der Waals surface area (Å²) in [5.74, 6) is 0.416. The number of hydrogen-bond acceptors (Lipinski definition) is 4.